The number of benzene rings is 1. The molecule has 1 atom stereocenters. The molecule has 1 saturated heterocycles. The number of para-hydroxylation sites is 1. The van der Waals surface area contributed by atoms with Gasteiger partial charge < -0.3 is 9.84 Å². The first kappa shape index (κ1) is 14.4. The molecular weight excluding hydrogens is 238 g/mol. The van der Waals surface area contributed by atoms with Crippen LogP contribution < -0.4 is 4.74 Å². The number of piperidine rings is 1. The summed E-state index contributed by atoms with van der Waals surface area (Å²) in [6.07, 6.45) is 4.28. The summed E-state index contributed by atoms with van der Waals surface area (Å²) < 4.78 is 5.86. The molecule has 3 heteroatoms. The summed E-state index contributed by atoms with van der Waals surface area (Å²) in [6, 6.07) is 7.81. The number of likely N-dealkylation sites (tertiary alicyclic amines) is 1. The van der Waals surface area contributed by atoms with E-state index in [1.807, 2.05) is 31.2 Å². The second-order valence-corrected chi connectivity index (χ2v) is 5.21. The summed E-state index contributed by atoms with van der Waals surface area (Å²) >= 11 is 0. The van der Waals surface area contributed by atoms with Gasteiger partial charge >= 0.3 is 0 Å². The molecule has 0 aromatic heterocycles. The van der Waals surface area contributed by atoms with Gasteiger partial charge in [0.2, 0.25) is 0 Å². The minimum atomic E-state index is -0.425. The van der Waals surface area contributed by atoms with Crippen LogP contribution in [0.15, 0.2) is 24.3 Å². The Morgan fingerprint density at radius 3 is 2.68 bits per heavy atom. The summed E-state index contributed by atoms with van der Waals surface area (Å²) in [7, 11) is 0. The van der Waals surface area contributed by atoms with Crippen molar-refractivity contribution >= 4 is 0 Å². The van der Waals surface area contributed by atoms with Gasteiger partial charge in [-0.25, -0.2) is 0 Å². The van der Waals surface area contributed by atoms with Crippen LogP contribution in [0.1, 0.15) is 44.3 Å². The molecular formula is C16H25NO2. The second kappa shape index (κ2) is 7.51. The summed E-state index contributed by atoms with van der Waals surface area (Å²) in [6.45, 7) is 6.06. The molecule has 106 valence electrons. The van der Waals surface area contributed by atoms with Crippen molar-refractivity contribution in [1.82, 2.24) is 4.90 Å². The standard InChI is InChI=1S/C16H25NO2/c1-2-15(18)14-8-4-5-9-16(14)19-13-12-17-10-6-3-7-11-17/h4-5,8-9,15,18H,2-3,6-7,10-13H2,1H3. The number of aliphatic hydroxyl groups is 1. The van der Waals surface area contributed by atoms with Crippen molar-refractivity contribution in [1.29, 1.82) is 0 Å². The third kappa shape index (κ3) is 4.22. The van der Waals surface area contributed by atoms with E-state index in [2.05, 4.69) is 4.90 Å². The maximum Gasteiger partial charge on any atom is 0.125 e. The number of nitrogens with zero attached hydrogens (tertiary/aromatic N) is 1. The molecule has 1 aliphatic rings. The van der Waals surface area contributed by atoms with E-state index in [-0.39, 0.29) is 0 Å². The van der Waals surface area contributed by atoms with Crippen molar-refractivity contribution in [3.63, 3.8) is 0 Å². The Kier molecular flexibility index (Phi) is 5.67. The molecule has 1 aromatic carbocycles. The second-order valence-electron chi connectivity index (χ2n) is 5.21. The van der Waals surface area contributed by atoms with Gasteiger partial charge in [0, 0.05) is 12.1 Å². The van der Waals surface area contributed by atoms with Crippen molar-refractivity contribution in [2.24, 2.45) is 0 Å². The third-order valence-electron chi connectivity index (χ3n) is 3.78. The lowest BCUT2D eigenvalue weighted by atomic mass is 10.1. The van der Waals surface area contributed by atoms with E-state index in [1.165, 1.54) is 32.4 Å². The molecule has 1 fully saturated rings. The van der Waals surface area contributed by atoms with Crippen LogP contribution in [0, 0.1) is 0 Å². The Hall–Kier alpha value is -1.06. The van der Waals surface area contributed by atoms with Crippen molar-refractivity contribution in [3.8, 4) is 5.75 Å². The zero-order chi connectivity index (χ0) is 13.5. The Morgan fingerprint density at radius 2 is 1.95 bits per heavy atom. The van der Waals surface area contributed by atoms with Gasteiger partial charge in [0.1, 0.15) is 12.4 Å². The molecule has 0 aliphatic carbocycles. The maximum atomic E-state index is 9.97. The van der Waals surface area contributed by atoms with Gasteiger partial charge in [-0.3, -0.25) is 4.90 Å². The smallest absolute Gasteiger partial charge is 0.125 e. The fourth-order valence-corrected chi connectivity index (χ4v) is 2.57. The minimum absolute atomic E-state index is 0.425. The van der Waals surface area contributed by atoms with Crippen LogP contribution in [0.5, 0.6) is 5.75 Å². The maximum absolute atomic E-state index is 9.97. The topological polar surface area (TPSA) is 32.7 Å². The third-order valence-corrected chi connectivity index (χ3v) is 3.78. The molecule has 1 heterocycles. The molecule has 19 heavy (non-hydrogen) atoms. The Bertz CT molecular complexity index is 375. The highest BCUT2D eigenvalue weighted by molar-refractivity contribution is 5.34. The Morgan fingerprint density at radius 1 is 1.21 bits per heavy atom. The normalized spacial score (nSPS) is 18.2. The van der Waals surface area contributed by atoms with Crippen LogP contribution in [0.25, 0.3) is 0 Å². The molecule has 0 saturated carbocycles. The Balaban J connectivity index is 1.84. The van der Waals surface area contributed by atoms with Gasteiger partial charge in [0.25, 0.3) is 0 Å². The lowest BCUT2D eigenvalue weighted by molar-refractivity contribution is 0.158. The number of aliphatic hydroxyl groups excluding tert-OH is 1. The van der Waals surface area contributed by atoms with Crippen LogP contribution in [0.2, 0.25) is 0 Å². The number of ether oxygens (including phenoxy) is 1. The minimum Gasteiger partial charge on any atom is -0.492 e. The number of rotatable bonds is 6. The number of hydrogen-bond donors (Lipinski definition) is 1. The zero-order valence-electron chi connectivity index (χ0n) is 11.8. The first-order chi connectivity index (χ1) is 9.31. The lowest BCUT2D eigenvalue weighted by Gasteiger charge is -2.26. The monoisotopic (exact) mass is 263 g/mol. The fourth-order valence-electron chi connectivity index (χ4n) is 2.57. The highest BCUT2D eigenvalue weighted by Crippen LogP contribution is 2.26. The first-order valence-electron chi connectivity index (χ1n) is 7.43. The predicted molar refractivity (Wildman–Crippen MR) is 77.5 cm³/mol. The van der Waals surface area contributed by atoms with Gasteiger partial charge in [-0.2, -0.15) is 0 Å². The molecule has 1 aliphatic heterocycles. The molecule has 0 bridgehead atoms. The van der Waals surface area contributed by atoms with Gasteiger partial charge in [0.15, 0.2) is 0 Å². The van der Waals surface area contributed by atoms with Gasteiger partial charge in [-0.1, -0.05) is 31.5 Å². The Labute approximate surface area is 116 Å². The lowest BCUT2D eigenvalue weighted by Crippen LogP contribution is -2.33. The summed E-state index contributed by atoms with van der Waals surface area (Å²) in [5.74, 6) is 0.828. The summed E-state index contributed by atoms with van der Waals surface area (Å²) in [5.41, 5.74) is 0.906. The van der Waals surface area contributed by atoms with Crippen molar-refractivity contribution in [2.75, 3.05) is 26.2 Å². The van der Waals surface area contributed by atoms with E-state index < -0.39 is 6.10 Å². The van der Waals surface area contributed by atoms with E-state index in [9.17, 15) is 5.11 Å². The molecule has 1 N–H and O–H groups in total. The van der Waals surface area contributed by atoms with Crippen molar-refractivity contribution in [2.45, 2.75) is 38.7 Å². The molecule has 1 aromatic rings. The zero-order valence-corrected chi connectivity index (χ0v) is 11.8. The van der Waals surface area contributed by atoms with E-state index in [0.717, 1.165) is 17.9 Å². The highest BCUT2D eigenvalue weighted by Gasteiger charge is 2.12. The molecule has 1 unspecified atom stereocenters. The van der Waals surface area contributed by atoms with Gasteiger partial charge in [-0.05, 0) is 38.4 Å². The summed E-state index contributed by atoms with van der Waals surface area (Å²) in [4.78, 5) is 2.46. The largest absolute Gasteiger partial charge is 0.492 e. The fraction of sp³-hybridized carbons (Fsp3) is 0.625. The summed E-state index contributed by atoms with van der Waals surface area (Å²) in [5, 5.41) is 9.97. The van der Waals surface area contributed by atoms with Gasteiger partial charge in [0.05, 0.1) is 6.10 Å². The van der Waals surface area contributed by atoms with Crippen LogP contribution in [-0.4, -0.2) is 36.2 Å². The van der Waals surface area contributed by atoms with Crippen molar-refractivity contribution in [3.05, 3.63) is 29.8 Å². The van der Waals surface area contributed by atoms with Crippen LogP contribution in [-0.2, 0) is 0 Å². The van der Waals surface area contributed by atoms with E-state index in [4.69, 9.17) is 4.74 Å². The van der Waals surface area contributed by atoms with E-state index in [0.29, 0.717) is 13.0 Å². The quantitative estimate of drug-likeness (QED) is 0.856. The first-order valence-corrected chi connectivity index (χ1v) is 7.43. The SMILES string of the molecule is CCC(O)c1ccccc1OCCN1CCCCC1. The highest BCUT2D eigenvalue weighted by atomic mass is 16.5. The molecule has 0 radical (unpaired) electrons. The molecule has 2 rings (SSSR count). The van der Waals surface area contributed by atoms with Crippen LogP contribution in [0.3, 0.4) is 0 Å². The van der Waals surface area contributed by atoms with E-state index in [1.54, 1.807) is 0 Å². The average molecular weight is 263 g/mol. The van der Waals surface area contributed by atoms with Crippen LogP contribution in [0.4, 0.5) is 0 Å². The van der Waals surface area contributed by atoms with Crippen LogP contribution >= 0.6 is 0 Å². The average Bonchev–Trinajstić information content (AvgIpc) is 2.48. The molecule has 3 nitrogen and oxygen atoms in total. The van der Waals surface area contributed by atoms with Crippen molar-refractivity contribution < 1.29 is 9.84 Å². The molecule has 0 amide bonds. The van der Waals surface area contributed by atoms with E-state index >= 15 is 0 Å². The predicted octanol–water partition coefficient (Wildman–Crippen LogP) is 2.99. The molecule has 0 spiro atoms. The van der Waals surface area contributed by atoms with Gasteiger partial charge in [-0.15, -0.1) is 0 Å². The number of hydrogen-bond acceptors (Lipinski definition) is 3.